The maximum atomic E-state index is 10.4. The molecule has 92 valence electrons. The molecule has 0 bridgehead atoms. The van der Waals surface area contributed by atoms with Crippen LogP contribution in [0.15, 0.2) is 0 Å². The highest BCUT2D eigenvalue weighted by Crippen LogP contribution is 1.93. The fourth-order valence-corrected chi connectivity index (χ4v) is 1.09. The van der Waals surface area contributed by atoms with E-state index in [2.05, 4.69) is 9.47 Å². The molecule has 0 aliphatic carbocycles. The molecule has 2 aliphatic rings. The summed E-state index contributed by atoms with van der Waals surface area (Å²) in [4.78, 5) is 20.8. The second kappa shape index (κ2) is 8.06. The minimum atomic E-state index is -0.150. The van der Waals surface area contributed by atoms with Crippen LogP contribution in [0, 0.1) is 0 Å². The van der Waals surface area contributed by atoms with Crippen molar-refractivity contribution < 1.29 is 28.5 Å². The molecule has 0 aromatic heterocycles. The van der Waals surface area contributed by atoms with Gasteiger partial charge in [0, 0.05) is 0 Å². The normalized spacial score (nSPS) is 21.8. The molecule has 0 unspecified atom stereocenters. The lowest BCUT2D eigenvalue weighted by atomic mass is 10.5. The maximum absolute atomic E-state index is 10.4. The van der Waals surface area contributed by atoms with Crippen LogP contribution in [0.5, 0.6) is 0 Å². The quantitative estimate of drug-likeness (QED) is 0.543. The first-order chi connectivity index (χ1) is 7.79. The Hall–Kier alpha value is -1.14. The van der Waals surface area contributed by atoms with Gasteiger partial charge in [0.15, 0.2) is 0 Å². The van der Waals surface area contributed by atoms with Gasteiger partial charge in [-0.2, -0.15) is 0 Å². The average Bonchev–Trinajstić information content (AvgIpc) is 2.64. The molecule has 16 heavy (non-hydrogen) atoms. The van der Waals surface area contributed by atoms with E-state index in [1.807, 2.05) is 0 Å². The van der Waals surface area contributed by atoms with Crippen LogP contribution in [0.1, 0.15) is 12.8 Å². The van der Waals surface area contributed by atoms with Gasteiger partial charge in [0.2, 0.25) is 0 Å². The van der Waals surface area contributed by atoms with Crippen LogP contribution in [-0.4, -0.2) is 51.6 Å². The van der Waals surface area contributed by atoms with Crippen LogP contribution >= 0.6 is 0 Å². The van der Waals surface area contributed by atoms with Gasteiger partial charge in [-0.05, 0) is 0 Å². The molecule has 2 saturated heterocycles. The number of hydrogen-bond donors (Lipinski definition) is 0. The minimum Gasteiger partial charge on any atom is -0.463 e. The Morgan fingerprint density at radius 2 is 1.06 bits per heavy atom. The van der Waals surface area contributed by atoms with Gasteiger partial charge in [-0.1, -0.05) is 0 Å². The highest BCUT2D eigenvalue weighted by molar-refractivity contribution is 5.69. The van der Waals surface area contributed by atoms with Crippen molar-refractivity contribution in [2.24, 2.45) is 0 Å². The van der Waals surface area contributed by atoms with Crippen molar-refractivity contribution in [3.8, 4) is 0 Å². The van der Waals surface area contributed by atoms with Crippen molar-refractivity contribution in [2.45, 2.75) is 12.8 Å². The third-order valence-corrected chi connectivity index (χ3v) is 1.88. The number of ether oxygens (including phenoxy) is 4. The molecule has 6 heteroatoms. The van der Waals surface area contributed by atoms with Gasteiger partial charge in [0.1, 0.15) is 13.2 Å². The number of carbonyl (C=O) groups is 2. The topological polar surface area (TPSA) is 71.1 Å². The Labute approximate surface area is 93.8 Å². The summed E-state index contributed by atoms with van der Waals surface area (Å²) in [5.74, 6) is -0.301. The van der Waals surface area contributed by atoms with Crippen LogP contribution in [0.25, 0.3) is 0 Å². The standard InChI is InChI=1S/2C5H8O3/c2*6-5-1-2-7-3-4-8-5/h2*1-4H2. The Kier molecular flexibility index (Phi) is 6.52. The zero-order chi connectivity index (χ0) is 11.6. The van der Waals surface area contributed by atoms with Gasteiger partial charge in [-0.3, -0.25) is 9.59 Å². The van der Waals surface area contributed by atoms with Crippen molar-refractivity contribution in [3.05, 3.63) is 0 Å². The van der Waals surface area contributed by atoms with Crippen molar-refractivity contribution in [1.29, 1.82) is 0 Å². The maximum Gasteiger partial charge on any atom is 0.308 e. The molecule has 0 aromatic carbocycles. The van der Waals surface area contributed by atoms with E-state index in [1.165, 1.54) is 0 Å². The van der Waals surface area contributed by atoms with E-state index in [0.717, 1.165) is 0 Å². The Morgan fingerprint density at radius 1 is 0.625 bits per heavy atom. The molecule has 6 nitrogen and oxygen atoms in total. The van der Waals surface area contributed by atoms with Gasteiger partial charge >= 0.3 is 11.9 Å². The Balaban J connectivity index is 0.000000160. The summed E-state index contributed by atoms with van der Waals surface area (Å²) >= 11 is 0. The fraction of sp³-hybridized carbons (Fsp3) is 0.800. The summed E-state index contributed by atoms with van der Waals surface area (Å²) in [5.41, 5.74) is 0. The van der Waals surface area contributed by atoms with Crippen LogP contribution < -0.4 is 0 Å². The van der Waals surface area contributed by atoms with Gasteiger partial charge in [-0.15, -0.1) is 0 Å². The average molecular weight is 232 g/mol. The van der Waals surface area contributed by atoms with Crippen molar-refractivity contribution >= 4 is 11.9 Å². The smallest absolute Gasteiger partial charge is 0.308 e. The first-order valence-corrected chi connectivity index (χ1v) is 5.26. The zero-order valence-corrected chi connectivity index (χ0v) is 9.11. The molecule has 0 atom stereocenters. The molecule has 2 rings (SSSR count). The van der Waals surface area contributed by atoms with E-state index in [4.69, 9.17) is 9.47 Å². The van der Waals surface area contributed by atoms with E-state index in [0.29, 0.717) is 52.5 Å². The number of hydrogen-bond acceptors (Lipinski definition) is 6. The number of cyclic esters (lactones) is 2. The van der Waals surface area contributed by atoms with E-state index < -0.39 is 0 Å². The van der Waals surface area contributed by atoms with E-state index in [-0.39, 0.29) is 11.9 Å². The summed E-state index contributed by atoms with van der Waals surface area (Å²) in [6, 6.07) is 0. The molecule has 2 aliphatic heterocycles. The Bertz CT molecular complexity index is 183. The number of carbonyl (C=O) groups excluding carboxylic acids is 2. The number of rotatable bonds is 0. The molecular weight excluding hydrogens is 216 g/mol. The minimum absolute atomic E-state index is 0.150. The summed E-state index contributed by atoms with van der Waals surface area (Å²) < 4.78 is 19.1. The molecule has 0 radical (unpaired) electrons. The predicted octanol–water partition coefficient (Wildman–Crippen LogP) is -0.100. The van der Waals surface area contributed by atoms with Gasteiger partial charge in [-0.25, -0.2) is 0 Å². The summed E-state index contributed by atoms with van der Waals surface area (Å²) in [6.45, 7) is 2.95. The predicted molar refractivity (Wildman–Crippen MR) is 52.8 cm³/mol. The first-order valence-electron chi connectivity index (χ1n) is 5.26. The second-order valence-electron chi connectivity index (χ2n) is 3.17. The molecule has 2 fully saturated rings. The lowest BCUT2D eigenvalue weighted by molar-refractivity contribution is -0.143. The third kappa shape index (κ3) is 6.36. The highest BCUT2D eigenvalue weighted by Gasteiger charge is 2.06. The molecule has 0 spiro atoms. The molecule has 0 N–H and O–H groups in total. The zero-order valence-electron chi connectivity index (χ0n) is 9.11. The van der Waals surface area contributed by atoms with E-state index >= 15 is 0 Å². The first kappa shape index (κ1) is 12.9. The van der Waals surface area contributed by atoms with Gasteiger partial charge < -0.3 is 18.9 Å². The highest BCUT2D eigenvalue weighted by atomic mass is 16.6. The summed E-state index contributed by atoms with van der Waals surface area (Å²) in [7, 11) is 0. The molecular formula is C10H16O6. The van der Waals surface area contributed by atoms with Crippen molar-refractivity contribution in [3.63, 3.8) is 0 Å². The summed E-state index contributed by atoms with van der Waals surface area (Å²) in [6.07, 6.45) is 0.806. The largest absolute Gasteiger partial charge is 0.463 e. The van der Waals surface area contributed by atoms with Crippen LogP contribution in [0.4, 0.5) is 0 Å². The van der Waals surface area contributed by atoms with Gasteiger partial charge in [0.25, 0.3) is 0 Å². The second-order valence-corrected chi connectivity index (χ2v) is 3.17. The van der Waals surface area contributed by atoms with Crippen LogP contribution in [-0.2, 0) is 28.5 Å². The Morgan fingerprint density at radius 3 is 1.50 bits per heavy atom. The van der Waals surface area contributed by atoms with Crippen molar-refractivity contribution in [1.82, 2.24) is 0 Å². The molecule has 0 aromatic rings. The van der Waals surface area contributed by atoms with E-state index in [9.17, 15) is 9.59 Å². The fourth-order valence-electron chi connectivity index (χ4n) is 1.09. The monoisotopic (exact) mass is 232 g/mol. The third-order valence-electron chi connectivity index (χ3n) is 1.88. The number of esters is 2. The van der Waals surface area contributed by atoms with Crippen LogP contribution in [0.3, 0.4) is 0 Å². The molecule has 0 amide bonds. The van der Waals surface area contributed by atoms with Crippen molar-refractivity contribution in [2.75, 3.05) is 39.6 Å². The molecule has 2 heterocycles. The molecule has 0 saturated carbocycles. The lowest BCUT2D eigenvalue weighted by Gasteiger charge is -1.93. The van der Waals surface area contributed by atoms with Crippen LogP contribution in [0.2, 0.25) is 0 Å². The van der Waals surface area contributed by atoms with Gasteiger partial charge in [0.05, 0.1) is 39.3 Å². The van der Waals surface area contributed by atoms with E-state index in [1.54, 1.807) is 0 Å². The SMILES string of the molecule is O=C1CCOCCO1.O=C1CCOCCO1. The summed E-state index contributed by atoms with van der Waals surface area (Å²) in [5, 5.41) is 0. The lowest BCUT2D eigenvalue weighted by Crippen LogP contribution is -2.02.